The monoisotopic (exact) mass is 289 g/mol. The summed E-state index contributed by atoms with van der Waals surface area (Å²) in [5.41, 5.74) is 1.18. The van der Waals surface area contributed by atoms with E-state index in [1.54, 1.807) is 0 Å². The fourth-order valence-corrected chi connectivity index (χ4v) is 5.59. The van der Waals surface area contributed by atoms with Gasteiger partial charge in [0, 0.05) is 6.42 Å². The Morgan fingerprint density at radius 2 is 1.71 bits per heavy atom. The molecule has 4 fully saturated rings. The number of hydrogen-bond donors (Lipinski definition) is 1. The highest BCUT2D eigenvalue weighted by Crippen LogP contribution is 2.57. The van der Waals surface area contributed by atoms with Crippen LogP contribution in [0.5, 0.6) is 0 Å². The normalized spacial score (nSPS) is 42.9. The third-order valence-corrected chi connectivity index (χ3v) is 5.94. The van der Waals surface area contributed by atoms with Crippen LogP contribution in [-0.4, -0.2) is 29.4 Å². The van der Waals surface area contributed by atoms with E-state index in [2.05, 4.69) is 0 Å². The van der Waals surface area contributed by atoms with Crippen molar-refractivity contribution in [2.24, 2.45) is 22.7 Å². The molecule has 0 heterocycles. The smallest absolute Gasteiger partial charge is 0.343 e. The zero-order chi connectivity index (χ0) is 14.6. The summed E-state index contributed by atoms with van der Waals surface area (Å²) in [6, 6.07) is 0. The Bertz CT molecular complexity index is 511. The number of aliphatic hydroxyl groups is 1. The molecule has 114 valence electrons. The number of rotatable bonds is 2. The van der Waals surface area contributed by atoms with E-state index in [1.165, 1.54) is 45.6 Å². The lowest BCUT2D eigenvalue weighted by Gasteiger charge is -2.55. The number of carbonyl (C=O) groups is 1. The van der Waals surface area contributed by atoms with E-state index < -0.39 is 5.97 Å². The van der Waals surface area contributed by atoms with Gasteiger partial charge in [0.2, 0.25) is 0 Å². The van der Waals surface area contributed by atoms with Crippen LogP contribution in [-0.2, 0) is 9.53 Å². The van der Waals surface area contributed by atoms with Crippen LogP contribution in [0.25, 0.3) is 0 Å². The van der Waals surface area contributed by atoms with Gasteiger partial charge in [-0.3, -0.25) is 4.99 Å². The van der Waals surface area contributed by atoms with E-state index in [-0.39, 0.29) is 11.3 Å². The molecule has 4 bridgehead atoms. The molecule has 5 aliphatic carbocycles. The fourth-order valence-electron chi connectivity index (χ4n) is 5.59. The molecule has 5 aliphatic rings. The number of methoxy groups -OCH3 is 1. The lowest BCUT2D eigenvalue weighted by molar-refractivity contribution is -0.135. The van der Waals surface area contributed by atoms with E-state index >= 15 is 0 Å². The molecular weight excluding hydrogens is 266 g/mol. The zero-order valence-corrected chi connectivity index (χ0v) is 12.6. The minimum Gasteiger partial charge on any atom is -0.511 e. The van der Waals surface area contributed by atoms with Crippen LogP contribution < -0.4 is 0 Å². The molecule has 0 radical (unpaired) electrons. The number of allylic oxidation sites excluding steroid dienone is 1. The van der Waals surface area contributed by atoms with Crippen molar-refractivity contribution < 1.29 is 14.6 Å². The fraction of sp³-hybridized carbons (Fsp3) is 0.765. The summed E-state index contributed by atoms with van der Waals surface area (Å²) in [4.78, 5) is 17.0. The molecule has 5 rings (SSSR count). The minimum absolute atomic E-state index is 0.0496. The highest BCUT2D eigenvalue weighted by Gasteiger charge is 2.51. The molecule has 0 aromatic heterocycles. The summed E-state index contributed by atoms with van der Waals surface area (Å²) in [6.07, 6.45) is 8.89. The van der Waals surface area contributed by atoms with Crippen molar-refractivity contribution in [3.63, 3.8) is 0 Å². The Morgan fingerprint density at radius 1 is 1.14 bits per heavy atom. The van der Waals surface area contributed by atoms with E-state index in [1.807, 2.05) is 0 Å². The summed E-state index contributed by atoms with van der Waals surface area (Å²) in [6.45, 7) is 0. The Balaban J connectivity index is 1.67. The molecule has 1 N–H and O–H groups in total. The molecule has 0 aromatic rings. The quantitative estimate of drug-likeness (QED) is 0.794. The van der Waals surface area contributed by atoms with Crippen LogP contribution in [0, 0.1) is 17.8 Å². The number of carbonyl (C=O) groups excluding carboxylic acids is 1. The molecule has 0 amide bonds. The third kappa shape index (κ3) is 2.11. The average molecular weight is 289 g/mol. The first-order valence-electron chi connectivity index (χ1n) is 8.18. The predicted molar refractivity (Wildman–Crippen MR) is 79.2 cm³/mol. The number of nitrogens with zero attached hydrogens (tertiary/aromatic N) is 1. The lowest BCUT2D eigenvalue weighted by atomic mass is 9.53. The van der Waals surface area contributed by atoms with E-state index in [4.69, 9.17) is 9.73 Å². The highest BCUT2D eigenvalue weighted by atomic mass is 16.5. The molecular formula is C17H23NO3. The molecule has 0 unspecified atom stereocenters. The van der Waals surface area contributed by atoms with Crippen LogP contribution in [0.15, 0.2) is 16.3 Å². The van der Waals surface area contributed by atoms with Gasteiger partial charge < -0.3 is 9.84 Å². The molecule has 0 saturated heterocycles. The molecule has 21 heavy (non-hydrogen) atoms. The topological polar surface area (TPSA) is 58.9 Å². The second kappa shape index (κ2) is 4.59. The van der Waals surface area contributed by atoms with Gasteiger partial charge in [0.15, 0.2) is 0 Å². The van der Waals surface area contributed by atoms with Crippen molar-refractivity contribution >= 4 is 11.7 Å². The summed E-state index contributed by atoms with van der Waals surface area (Å²) in [5, 5.41) is 9.97. The van der Waals surface area contributed by atoms with Gasteiger partial charge in [-0.15, -0.1) is 0 Å². The number of ether oxygens (including phenoxy) is 1. The largest absolute Gasteiger partial charge is 0.511 e. The summed E-state index contributed by atoms with van der Waals surface area (Å²) < 4.78 is 4.82. The van der Waals surface area contributed by atoms with Crippen molar-refractivity contribution in [2.45, 2.75) is 56.9 Å². The van der Waals surface area contributed by atoms with Gasteiger partial charge in [0.1, 0.15) is 11.3 Å². The number of aliphatic imine (C=N–C) groups is 1. The van der Waals surface area contributed by atoms with E-state index in [0.29, 0.717) is 18.4 Å². The molecule has 0 aromatic carbocycles. The first kappa shape index (κ1) is 13.4. The molecule has 0 aliphatic heterocycles. The van der Waals surface area contributed by atoms with Crippen molar-refractivity contribution in [3.8, 4) is 0 Å². The maximum absolute atomic E-state index is 11.9. The van der Waals surface area contributed by atoms with Gasteiger partial charge in [0.05, 0.1) is 18.4 Å². The van der Waals surface area contributed by atoms with Crippen molar-refractivity contribution in [1.82, 2.24) is 0 Å². The van der Waals surface area contributed by atoms with Crippen LogP contribution in [0.4, 0.5) is 0 Å². The van der Waals surface area contributed by atoms with Crippen LogP contribution >= 0.6 is 0 Å². The number of aliphatic hydroxyl groups excluding tert-OH is 1. The van der Waals surface area contributed by atoms with Crippen molar-refractivity contribution in [2.75, 3.05) is 7.11 Å². The first-order valence-corrected chi connectivity index (χ1v) is 8.18. The maximum Gasteiger partial charge on any atom is 0.343 e. The molecule has 4 heteroatoms. The van der Waals surface area contributed by atoms with Crippen LogP contribution in [0.3, 0.4) is 0 Å². The van der Waals surface area contributed by atoms with Gasteiger partial charge in [0.25, 0.3) is 0 Å². The number of esters is 1. The van der Waals surface area contributed by atoms with Gasteiger partial charge >= 0.3 is 5.97 Å². The Morgan fingerprint density at radius 3 is 2.24 bits per heavy atom. The Hall–Kier alpha value is -1.32. The van der Waals surface area contributed by atoms with Gasteiger partial charge in [-0.1, -0.05) is 0 Å². The van der Waals surface area contributed by atoms with Crippen LogP contribution in [0.1, 0.15) is 51.4 Å². The molecule has 4 saturated carbocycles. The van der Waals surface area contributed by atoms with Crippen LogP contribution in [0.2, 0.25) is 0 Å². The standard InChI is InChI=1S/C17H23NO3/c1-21-16(20)15-13(2-3-14(15)19)18-17-7-10-4-11(8-17)6-12(5-10)9-17/h10-12,19H,2-9H2,1H3. The Labute approximate surface area is 125 Å². The van der Waals surface area contributed by atoms with Crippen molar-refractivity contribution in [1.29, 1.82) is 0 Å². The zero-order valence-electron chi connectivity index (χ0n) is 12.6. The van der Waals surface area contributed by atoms with Crippen molar-refractivity contribution in [3.05, 3.63) is 11.3 Å². The predicted octanol–water partition coefficient (Wildman–Crippen LogP) is 3.18. The molecule has 4 nitrogen and oxygen atoms in total. The maximum atomic E-state index is 11.9. The second-order valence-electron chi connectivity index (χ2n) is 7.51. The summed E-state index contributed by atoms with van der Waals surface area (Å²) in [7, 11) is 1.36. The SMILES string of the molecule is COC(=O)C1=C(O)CCC1=NC12CC3CC(CC(C3)C1)C2. The lowest BCUT2D eigenvalue weighted by Crippen LogP contribution is -2.49. The summed E-state index contributed by atoms with van der Waals surface area (Å²) in [5.74, 6) is 2.22. The van der Waals surface area contributed by atoms with E-state index in [0.717, 1.165) is 23.5 Å². The molecule has 0 atom stereocenters. The van der Waals surface area contributed by atoms with Gasteiger partial charge in [-0.05, 0) is 62.7 Å². The van der Waals surface area contributed by atoms with Gasteiger partial charge in [-0.2, -0.15) is 0 Å². The van der Waals surface area contributed by atoms with Gasteiger partial charge in [-0.25, -0.2) is 4.79 Å². The van der Waals surface area contributed by atoms with E-state index in [9.17, 15) is 9.90 Å². The first-order chi connectivity index (χ1) is 10.1. The Kier molecular flexibility index (Phi) is 2.92. The number of hydrogen-bond acceptors (Lipinski definition) is 4. The third-order valence-electron chi connectivity index (χ3n) is 5.94. The minimum atomic E-state index is -0.437. The second-order valence-corrected chi connectivity index (χ2v) is 7.51. The molecule has 0 spiro atoms. The average Bonchev–Trinajstić information content (AvgIpc) is 2.76. The summed E-state index contributed by atoms with van der Waals surface area (Å²) >= 11 is 0. The highest BCUT2D eigenvalue weighted by molar-refractivity contribution is 6.21.